The van der Waals surface area contributed by atoms with Gasteiger partial charge in [0.1, 0.15) is 0 Å². The van der Waals surface area contributed by atoms with Crippen LogP contribution in [0.2, 0.25) is 0 Å². The molecule has 1 atom stereocenters. The van der Waals surface area contributed by atoms with Gasteiger partial charge in [0.15, 0.2) is 5.78 Å². The molecule has 1 amide bonds. The van der Waals surface area contributed by atoms with Gasteiger partial charge in [-0.05, 0) is 49.7 Å². The maximum Gasteiger partial charge on any atom is 0.254 e. The number of benzene rings is 1. The van der Waals surface area contributed by atoms with Crippen molar-refractivity contribution in [2.24, 2.45) is 5.92 Å². The number of aliphatic hydroxyl groups excluding tert-OH is 1. The maximum atomic E-state index is 12.9. The number of aliphatic hydroxyl groups is 1. The maximum absolute atomic E-state index is 12.9. The zero-order chi connectivity index (χ0) is 15.5. The van der Waals surface area contributed by atoms with E-state index in [1.54, 1.807) is 0 Å². The van der Waals surface area contributed by atoms with Crippen molar-refractivity contribution in [2.45, 2.75) is 38.5 Å². The molecule has 1 aromatic carbocycles. The molecule has 0 aromatic heterocycles. The van der Waals surface area contributed by atoms with Crippen LogP contribution < -0.4 is 0 Å². The van der Waals surface area contributed by atoms with Crippen LogP contribution in [-0.4, -0.2) is 41.4 Å². The van der Waals surface area contributed by atoms with Gasteiger partial charge in [0.05, 0.1) is 0 Å². The quantitative estimate of drug-likeness (QED) is 0.929. The van der Waals surface area contributed by atoms with Crippen LogP contribution in [0.15, 0.2) is 18.2 Å². The van der Waals surface area contributed by atoms with Crippen molar-refractivity contribution in [1.29, 1.82) is 0 Å². The van der Waals surface area contributed by atoms with Gasteiger partial charge in [-0.25, -0.2) is 0 Å². The fourth-order valence-electron chi connectivity index (χ4n) is 3.73. The molecule has 1 aromatic rings. The van der Waals surface area contributed by atoms with Crippen LogP contribution in [-0.2, 0) is 6.42 Å². The fourth-order valence-corrected chi connectivity index (χ4v) is 3.73. The largest absolute Gasteiger partial charge is 0.396 e. The van der Waals surface area contributed by atoms with E-state index in [4.69, 9.17) is 5.11 Å². The van der Waals surface area contributed by atoms with Gasteiger partial charge in [-0.1, -0.05) is 12.1 Å². The van der Waals surface area contributed by atoms with Gasteiger partial charge in [0.2, 0.25) is 0 Å². The minimum absolute atomic E-state index is 0.0697. The van der Waals surface area contributed by atoms with E-state index in [1.165, 1.54) is 0 Å². The van der Waals surface area contributed by atoms with Gasteiger partial charge in [-0.3, -0.25) is 9.59 Å². The highest BCUT2D eigenvalue weighted by Gasteiger charge is 2.29. The van der Waals surface area contributed by atoms with Gasteiger partial charge in [-0.15, -0.1) is 0 Å². The molecule has 2 aliphatic rings. The summed E-state index contributed by atoms with van der Waals surface area (Å²) in [5.74, 6) is 0.715. The van der Waals surface area contributed by atoms with Gasteiger partial charge in [0, 0.05) is 37.2 Å². The number of rotatable bonds is 4. The summed E-state index contributed by atoms with van der Waals surface area (Å²) in [6.07, 6.45) is 5.16. The Labute approximate surface area is 131 Å². The third kappa shape index (κ3) is 2.93. The lowest BCUT2D eigenvalue weighted by Gasteiger charge is -2.33. The lowest BCUT2D eigenvalue weighted by molar-refractivity contribution is 0.0662. The first-order valence-corrected chi connectivity index (χ1v) is 8.26. The molecule has 4 nitrogen and oxygen atoms in total. The second kappa shape index (κ2) is 6.61. The van der Waals surface area contributed by atoms with Crippen molar-refractivity contribution in [2.75, 3.05) is 19.7 Å². The Morgan fingerprint density at radius 3 is 3.00 bits per heavy atom. The third-order valence-corrected chi connectivity index (χ3v) is 4.89. The number of carbonyl (C=O) groups excluding carboxylic acids is 2. The van der Waals surface area contributed by atoms with Gasteiger partial charge in [0.25, 0.3) is 5.91 Å². The number of ketones is 1. The number of amides is 1. The predicted molar refractivity (Wildman–Crippen MR) is 84.0 cm³/mol. The highest BCUT2D eigenvalue weighted by atomic mass is 16.3. The van der Waals surface area contributed by atoms with E-state index in [1.807, 2.05) is 23.1 Å². The number of hydrogen-bond acceptors (Lipinski definition) is 3. The molecule has 1 saturated heterocycles. The van der Waals surface area contributed by atoms with Crippen LogP contribution in [0, 0.1) is 5.92 Å². The van der Waals surface area contributed by atoms with Crippen molar-refractivity contribution in [1.82, 2.24) is 4.90 Å². The average Bonchev–Trinajstić information content (AvgIpc) is 2.94. The van der Waals surface area contributed by atoms with Crippen LogP contribution in [0.5, 0.6) is 0 Å². The van der Waals surface area contributed by atoms with E-state index in [9.17, 15) is 9.59 Å². The SMILES string of the molecule is O=C1CCc2c1cccc2C(=O)N1CCC[C@@H](CCCO)C1. The molecule has 3 rings (SSSR count). The van der Waals surface area contributed by atoms with E-state index in [2.05, 4.69) is 0 Å². The Kier molecular flexibility index (Phi) is 4.57. The average molecular weight is 301 g/mol. The Bertz CT molecular complexity index is 582. The normalized spacial score (nSPS) is 21.0. The first-order chi connectivity index (χ1) is 10.7. The Hall–Kier alpha value is -1.68. The summed E-state index contributed by atoms with van der Waals surface area (Å²) in [7, 11) is 0. The van der Waals surface area contributed by atoms with Crippen LogP contribution in [0.3, 0.4) is 0 Å². The molecular weight excluding hydrogens is 278 g/mol. The van der Waals surface area contributed by atoms with Gasteiger partial charge >= 0.3 is 0 Å². The minimum atomic E-state index is 0.0697. The monoisotopic (exact) mass is 301 g/mol. The number of piperidine rings is 1. The van der Waals surface area contributed by atoms with Crippen LogP contribution in [0.4, 0.5) is 0 Å². The fraction of sp³-hybridized carbons (Fsp3) is 0.556. The second-order valence-electron chi connectivity index (χ2n) is 6.38. The minimum Gasteiger partial charge on any atom is -0.396 e. The topological polar surface area (TPSA) is 57.6 Å². The molecule has 0 radical (unpaired) electrons. The lowest BCUT2D eigenvalue weighted by atomic mass is 9.92. The molecule has 1 N–H and O–H groups in total. The summed E-state index contributed by atoms with van der Waals surface area (Å²) < 4.78 is 0. The predicted octanol–water partition coefficient (Wildman–Crippen LogP) is 2.44. The summed E-state index contributed by atoms with van der Waals surface area (Å²) in [4.78, 5) is 26.6. The first-order valence-electron chi connectivity index (χ1n) is 8.26. The zero-order valence-electron chi connectivity index (χ0n) is 12.9. The van der Waals surface area contributed by atoms with Gasteiger partial charge < -0.3 is 10.0 Å². The summed E-state index contributed by atoms with van der Waals surface area (Å²) in [6, 6.07) is 5.52. The summed E-state index contributed by atoms with van der Waals surface area (Å²) in [5.41, 5.74) is 2.39. The van der Waals surface area contributed by atoms with Crippen LogP contribution in [0.25, 0.3) is 0 Å². The van der Waals surface area contributed by atoms with E-state index in [-0.39, 0.29) is 18.3 Å². The lowest BCUT2D eigenvalue weighted by Crippen LogP contribution is -2.40. The Balaban J connectivity index is 1.76. The van der Waals surface area contributed by atoms with Crippen LogP contribution in [0.1, 0.15) is 58.4 Å². The molecule has 22 heavy (non-hydrogen) atoms. The summed E-state index contributed by atoms with van der Waals surface area (Å²) in [5, 5.41) is 8.97. The van der Waals surface area contributed by atoms with Crippen molar-refractivity contribution < 1.29 is 14.7 Å². The van der Waals surface area contributed by atoms with Gasteiger partial charge in [-0.2, -0.15) is 0 Å². The second-order valence-corrected chi connectivity index (χ2v) is 6.38. The van der Waals surface area contributed by atoms with E-state index < -0.39 is 0 Å². The smallest absolute Gasteiger partial charge is 0.254 e. The molecule has 1 aliphatic carbocycles. The number of likely N-dealkylation sites (tertiary alicyclic amines) is 1. The number of fused-ring (bicyclic) bond motifs is 1. The van der Waals surface area contributed by atoms with Crippen molar-refractivity contribution in [3.63, 3.8) is 0 Å². The molecule has 1 fully saturated rings. The molecule has 0 bridgehead atoms. The van der Waals surface area contributed by atoms with E-state index >= 15 is 0 Å². The van der Waals surface area contributed by atoms with E-state index in [0.29, 0.717) is 24.3 Å². The number of nitrogens with zero attached hydrogens (tertiary/aromatic N) is 1. The zero-order valence-corrected chi connectivity index (χ0v) is 12.9. The highest BCUT2D eigenvalue weighted by Crippen LogP contribution is 2.28. The molecule has 0 spiro atoms. The molecule has 0 unspecified atom stereocenters. The highest BCUT2D eigenvalue weighted by molar-refractivity contribution is 6.05. The Morgan fingerprint density at radius 1 is 1.32 bits per heavy atom. The standard InChI is InChI=1S/C18H23NO3/c20-11-3-5-13-4-2-10-19(12-13)18(22)16-7-1-6-15-14(16)8-9-17(15)21/h1,6-7,13,20H,2-5,8-12H2/t13-/m0/s1. The molecule has 4 heteroatoms. The summed E-state index contributed by atoms with van der Waals surface area (Å²) in [6.45, 7) is 1.79. The first kappa shape index (κ1) is 15.2. The number of Topliss-reactive ketones (excluding diaryl/α,β-unsaturated/α-hetero) is 1. The van der Waals surface area contributed by atoms with Crippen molar-refractivity contribution in [3.8, 4) is 0 Å². The molecule has 0 saturated carbocycles. The Morgan fingerprint density at radius 2 is 2.18 bits per heavy atom. The van der Waals surface area contributed by atoms with Crippen molar-refractivity contribution >= 4 is 11.7 Å². The van der Waals surface area contributed by atoms with Crippen LogP contribution >= 0.6 is 0 Å². The van der Waals surface area contributed by atoms with E-state index in [0.717, 1.165) is 49.9 Å². The molecule has 118 valence electrons. The molecule has 1 heterocycles. The molecule has 1 aliphatic heterocycles. The number of carbonyl (C=O) groups is 2. The van der Waals surface area contributed by atoms with Crippen molar-refractivity contribution in [3.05, 3.63) is 34.9 Å². The third-order valence-electron chi connectivity index (χ3n) is 4.89. The number of hydrogen-bond donors (Lipinski definition) is 1. The summed E-state index contributed by atoms with van der Waals surface area (Å²) >= 11 is 0. The molecular formula is C18H23NO3.